The average molecular weight is 302 g/mol. The lowest BCUT2D eigenvalue weighted by Crippen LogP contribution is -2.36. The molecule has 0 aromatic heterocycles. The first-order valence-electron chi connectivity index (χ1n) is 5.96. The highest BCUT2D eigenvalue weighted by Gasteiger charge is 2.20. The van der Waals surface area contributed by atoms with Gasteiger partial charge in [-0.25, -0.2) is 4.39 Å². The first kappa shape index (κ1) is 13.0. The Hall–Kier alpha value is -0.450. The molecular formula is C13H17BrFNO. The van der Waals surface area contributed by atoms with Crippen LogP contribution in [0.15, 0.2) is 22.7 Å². The molecule has 0 saturated carbocycles. The molecule has 1 saturated heterocycles. The van der Waals surface area contributed by atoms with Crippen molar-refractivity contribution < 1.29 is 9.50 Å². The average Bonchev–Trinajstić information content (AvgIpc) is 2.34. The van der Waals surface area contributed by atoms with E-state index in [1.165, 1.54) is 6.07 Å². The summed E-state index contributed by atoms with van der Waals surface area (Å²) in [6.45, 7) is 2.71. The molecule has 0 aliphatic carbocycles. The van der Waals surface area contributed by atoms with Gasteiger partial charge in [0.2, 0.25) is 0 Å². The molecule has 0 radical (unpaired) electrons. The first-order valence-corrected chi connectivity index (χ1v) is 6.75. The molecule has 1 aromatic carbocycles. The molecule has 2 rings (SSSR count). The third-order valence-electron chi connectivity index (χ3n) is 3.26. The lowest BCUT2D eigenvalue weighted by molar-refractivity contribution is 0.115. The Kier molecular flexibility index (Phi) is 4.54. The van der Waals surface area contributed by atoms with Crippen molar-refractivity contribution in [3.05, 3.63) is 34.1 Å². The highest BCUT2D eigenvalue weighted by Crippen LogP contribution is 2.21. The first-order chi connectivity index (χ1) is 8.19. The molecule has 17 heavy (non-hydrogen) atoms. The van der Waals surface area contributed by atoms with E-state index < -0.39 is 0 Å². The van der Waals surface area contributed by atoms with E-state index in [1.807, 2.05) is 6.07 Å². The van der Waals surface area contributed by atoms with Gasteiger partial charge in [-0.2, -0.15) is 0 Å². The topological polar surface area (TPSA) is 23.5 Å². The smallest absolute Gasteiger partial charge is 0.127 e. The summed E-state index contributed by atoms with van der Waals surface area (Å²) in [5, 5.41) is 9.17. The van der Waals surface area contributed by atoms with Crippen LogP contribution < -0.4 is 0 Å². The Labute approximate surface area is 110 Å². The second-order valence-corrected chi connectivity index (χ2v) is 5.58. The van der Waals surface area contributed by atoms with E-state index in [2.05, 4.69) is 20.8 Å². The van der Waals surface area contributed by atoms with Crippen molar-refractivity contribution in [1.29, 1.82) is 0 Å². The van der Waals surface area contributed by atoms with Gasteiger partial charge in [0.15, 0.2) is 0 Å². The van der Waals surface area contributed by atoms with Crippen LogP contribution in [-0.2, 0) is 6.54 Å². The fourth-order valence-corrected chi connectivity index (χ4v) is 2.76. The standard InChI is InChI=1S/C13H17BrFNO/c14-12-3-4-13(15)11(6-12)8-16-5-1-2-10(7-16)9-17/h3-4,6,10,17H,1-2,5,7-9H2. The third-order valence-corrected chi connectivity index (χ3v) is 3.76. The molecule has 4 heteroatoms. The van der Waals surface area contributed by atoms with Crippen LogP contribution in [0.1, 0.15) is 18.4 Å². The predicted molar refractivity (Wildman–Crippen MR) is 69.2 cm³/mol. The fraction of sp³-hybridized carbons (Fsp3) is 0.538. The van der Waals surface area contributed by atoms with Gasteiger partial charge in [-0.05, 0) is 43.5 Å². The molecule has 0 spiro atoms. The zero-order valence-corrected chi connectivity index (χ0v) is 11.3. The monoisotopic (exact) mass is 301 g/mol. The molecule has 1 aliphatic heterocycles. The van der Waals surface area contributed by atoms with Gasteiger partial charge in [0.25, 0.3) is 0 Å². The Morgan fingerprint density at radius 3 is 3.06 bits per heavy atom. The summed E-state index contributed by atoms with van der Waals surface area (Å²) < 4.78 is 14.5. The minimum Gasteiger partial charge on any atom is -0.396 e. The van der Waals surface area contributed by atoms with Crippen molar-refractivity contribution in [2.24, 2.45) is 5.92 Å². The van der Waals surface area contributed by atoms with E-state index in [0.29, 0.717) is 12.5 Å². The SMILES string of the molecule is OCC1CCCN(Cc2cc(Br)ccc2F)C1. The second-order valence-electron chi connectivity index (χ2n) is 4.66. The molecule has 2 nitrogen and oxygen atoms in total. The molecule has 1 atom stereocenters. The van der Waals surface area contributed by atoms with Gasteiger partial charge in [0.1, 0.15) is 5.82 Å². The third kappa shape index (κ3) is 3.50. The molecule has 0 amide bonds. The van der Waals surface area contributed by atoms with Crippen molar-refractivity contribution in [2.45, 2.75) is 19.4 Å². The number of benzene rings is 1. The maximum Gasteiger partial charge on any atom is 0.127 e. The second kappa shape index (κ2) is 5.94. The number of piperidine rings is 1. The van der Waals surface area contributed by atoms with Gasteiger partial charge in [-0.1, -0.05) is 15.9 Å². The van der Waals surface area contributed by atoms with E-state index in [9.17, 15) is 4.39 Å². The number of likely N-dealkylation sites (tertiary alicyclic amines) is 1. The van der Waals surface area contributed by atoms with Crippen LogP contribution in [0, 0.1) is 11.7 Å². The van der Waals surface area contributed by atoms with Crippen molar-refractivity contribution >= 4 is 15.9 Å². The summed E-state index contributed by atoms with van der Waals surface area (Å²) in [7, 11) is 0. The number of nitrogens with zero attached hydrogens (tertiary/aromatic N) is 1. The number of aliphatic hydroxyl groups is 1. The summed E-state index contributed by atoms with van der Waals surface area (Å²) in [5.41, 5.74) is 0.720. The zero-order chi connectivity index (χ0) is 12.3. The summed E-state index contributed by atoms with van der Waals surface area (Å²) in [4.78, 5) is 2.22. The van der Waals surface area contributed by atoms with Gasteiger partial charge in [0.05, 0.1) is 0 Å². The van der Waals surface area contributed by atoms with E-state index >= 15 is 0 Å². The molecule has 1 N–H and O–H groups in total. The van der Waals surface area contributed by atoms with Gasteiger partial charge in [-0.3, -0.25) is 4.90 Å². The van der Waals surface area contributed by atoms with Crippen molar-refractivity contribution in [3.63, 3.8) is 0 Å². The molecule has 1 fully saturated rings. The van der Waals surface area contributed by atoms with Gasteiger partial charge in [0, 0.05) is 29.7 Å². The van der Waals surface area contributed by atoms with Crippen molar-refractivity contribution in [3.8, 4) is 0 Å². The quantitative estimate of drug-likeness (QED) is 0.928. The largest absolute Gasteiger partial charge is 0.396 e. The lowest BCUT2D eigenvalue weighted by Gasteiger charge is -2.31. The highest BCUT2D eigenvalue weighted by atomic mass is 79.9. The fourth-order valence-electron chi connectivity index (χ4n) is 2.35. The molecule has 94 valence electrons. The van der Waals surface area contributed by atoms with E-state index in [4.69, 9.17) is 5.11 Å². The Morgan fingerprint density at radius 2 is 2.29 bits per heavy atom. The van der Waals surface area contributed by atoms with Crippen LogP contribution in [0.25, 0.3) is 0 Å². The Bertz CT molecular complexity index is 386. The molecule has 0 bridgehead atoms. The van der Waals surface area contributed by atoms with Crippen LogP contribution in [0.5, 0.6) is 0 Å². The van der Waals surface area contributed by atoms with Crippen LogP contribution in [-0.4, -0.2) is 29.7 Å². The molecular weight excluding hydrogens is 285 g/mol. The summed E-state index contributed by atoms with van der Waals surface area (Å²) >= 11 is 3.36. The van der Waals surface area contributed by atoms with Crippen LogP contribution in [0.3, 0.4) is 0 Å². The maximum absolute atomic E-state index is 13.6. The predicted octanol–water partition coefficient (Wildman–Crippen LogP) is 2.79. The lowest BCUT2D eigenvalue weighted by atomic mass is 9.98. The number of hydrogen-bond donors (Lipinski definition) is 1. The number of rotatable bonds is 3. The van der Waals surface area contributed by atoms with Gasteiger partial charge < -0.3 is 5.11 Å². The molecule has 1 unspecified atom stereocenters. The van der Waals surface area contributed by atoms with E-state index in [-0.39, 0.29) is 12.4 Å². The Morgan fingerprint density at radius 1 is 1.47 bits per heavy atom. The number of aliphatic hydroxyl groups excluding tert-OH is 1. The number of hydrogen-bond acceptors (Lipinski definition) is 2. The summed E-state index contributed by atoms with van der Waals surface area (Å²) in [6, 6.07) is 5.04. The number of halogens is 2. The zero-order valence-electron chi connectivity index (χ0n) is 9.70. The van der Waals surface area contributed by atoms with Crippen molar-refractivity contribution in [1.82, 2.24) is 4.90 Å². The van der Waals surface area contributed by atoms with Crippen LogP contribution in [0.4, 0.5) is 4.39 Å². The molecule has 1 aliphatic rings. The van der Waals surface area contributed by atoms with Gasteiger partial charge >= 0.3 is 0 Å². The normalized spacial score (nSPS) is 21.7. The molecule has 1 heterocycles. The van der Waals surface area contributed by atoms with Gasteiger partial charge in [-0.15, -0.1) is 0 Å². The minimum absolute atomic E-state index is 0.153. The molecule has 1 aromatic rings. The maximum atomic E-state index is 13.6. The minimum atomic E-state index is -0.153. The van der Waals surface area contributed by atoms with Crippen molar-refractivity contribution in [2.75, 3.05) is 19.7 Å². The van der Waals surface area contributed by atoms with Crippen LogP contribution in [0.2, 0.25) is 0 Å². The summed E-state index contributed by atoms with van der Waals surface area (Å²) in [5.74, 6) is 0.193. The van der Waals surface area contributed by atoms with E-state index in [1.54, 1.807) is 6.07 Å². The highest BCUT2D eigenvalue weighted by molar-refractivity contribution is 9.10. The Balaban J connectivity index is 2.02. The van der Waals surface area contributed by atoms with Crippen LogP contribution >= 0.6 is 15.9 Å². The summed E-state index contributed by atoms with van der Waals surface area (Å²) in [6.07, 6.45) is 2.16. The van der Waals surface area contributed by atoms with E-state index in [0.717, 1.165) is 36.0 Å².